The van der Waals surface area contributed by atoms with Crippen LogP contribution in [0.25, 0.3) is 0 Å². The van der Waals surface area contributed by atoms with E-state index in [2.05, 4.69) is 0 Å². The van der Waals surface area contributed by atoms with Crippen molar-refractivity contribution in [3.63, 3.8) is 0 Å². The highest BCUT2D eigenvalue weighted by Crippen LogP contribution is 1.77. The summed E-state index contributed by atoms with van der Waals surface area (Å²) < 4.78 is 0. The van der Waals surface area contributed by atoms with Crippen molar-refractivity contribution < 1.29 is 5.11 Å². The minimum absolute atomic E-state index is 0.0443. The number of hydroxylamine groups is 2. The highest BCUT2D eigenvalue weighted by atomic mass is 16.5. The van der Waals surface area contributed by atoms with Crippen LogP contribution in [-0.4, -0.2) is 29.9 Å². The number of rotatable bonds is 3. The molecule has 0 amide bonds. The van der Waals surface area contributed by atoms with Crippen LogP contribution in [0.15, 0.2) is 0 Å². The Balaban J connectivity index is 2.83. The van der Waals surface area contributed by atoms with Gasteiger partial charge in [0.2, 0.25) is 0 Å². The van der Waals surface area contributed by atoms with E-state index in [9.17, 15) is 5.21 Å². The summed E-state index contributed by atoms with van der Waals surface area (Å²) in [7, 11) is 0. The van der Waals surface area contributed by atoms with Gasteiger partial charge >= 0.3 is 0 Å². The van der Waals surface area contributed by atoms with Crippen molar-refractivity contribution in [3.8, 4) is 0 Å². The van der Waals surface area contributed by atoms with Gasteiger partial charge in [-0.25, -0.2) is 0 Å². The predicted octanol–water partition coefficient (Wildman–Crippen LogP) is -0.202. The molecule has 0 bridgehead atoms. The van der Waals surface area contributed by atoms with Gasteiger partial charge in [0.1, 0.15) is 0 Å². The lowest BCUT2D eigenvalue weighted by Gasteiger charge is -2.24. The smallest absolute Gasteiger partial charge is 0.0549 e. The van der Waals surface area contributed by atoms with Gasteiger partial charge in [-0.2, -0.15) is 0 Å². The third-order valence-corrected chi connectivity index (χ3v) is 0.702. The summed E-state index contributed by atoms with van der Waals surface area (Å²) in [6.07, 6.45) is 0. The van der Waals surface area contributed by atoms with E-state index in [1.807, 2.05) is 0 Å². The number of hydrogen-bond donors (Lipinski definition) is 1. The van der Waals surface area contributed by atoms with Crippen LogP contribution in [0.4, 0.5) is 0 Å². The van der Waals surface area contributed by atoms with Crippen molar-refractivity contribution in [1.29, 1.82) is 0 Å². The molecule has 0 fully saturated rings. The van der Waals surface area contributed by atoms with E-state index in [4.69, 9.17) is 5.11 Å². The molecule has 3 heteroatoms. The summed E-state index contributed by atoms with van der Waals surface area (Å²) in [5.41, 5.74) is 0. The second-order valence-electron chi connectivity index (χ2n) is 1.25. The standard InChI is InChI=1S/C4H10NO2/c1-2-5(7)3-4-6/h6H,2-4H2,1H3/q-1. The summed E-state index contributed by atoms with van der Waals surface area (Å²) in [5, 5.41) is 19.1. The molecule has 0 aromatic carbocycles. The fourth-order valence-corrected chi connectivity index (χ4v) is 0.270. The normalized spacial score (nSPS) is 10.3. The molecule has 7 heavy (non-hydrogen) atoms. The SMILES string of the molecule is CCN([O-])CCO. The van der Waals surface area contributed by atoms with Gasteiger partial charge in [-0.3, -0.25) is 0 Å². The fourth-order valence-electron chi connectivity index (χ4n) is 0.270. The van der Waals surface area contributed by atoms with Gasteiger partial charge in [0.25, 0.3) is 0 Å². The van der Waals surface area contributed by atoms with Crippen molar-refractivity contribution in [2.24, 2.45) is 0 Å². The summed E-state index contributed by atoms with van der Waals surface area (Å²) in [6.45, 7) is 2.40. The molecule has 0 aliphatic heterocycles. The molecule has 0 saturated carbocycles. The zero-order valence-electron chi connectivity index (χ0n) is 4.42. The van der Waals surface area contributed by atoms with E-state index in [-0.39, 0.29) is 13.2 Å². The first-order valence-corrected chi connectivity index (χ1v) is 2.34. The molecule has 0 heterocycles. The molecule has 0 rings (SSSR count). The third-order valence-electron chi connectivity index (χ3n) is 0.702. The molecule has 0 atom stereocenters. The van der Waals surface area contributed by atoms with Crippen LogP contribution in [0.1, 0.15) is 6.92 Å². The Kier molecular flexibility index (Phi) is 3.98. The summed E-state index contributed by atoms with van der Waals surface area (Å²) in [5.74, 6) is 0. The first kappa shape index (κ1) is 6.88. The fraction of sp³-hybridized carbons (Fsp3) is 1.00. The van der Waals surface area contributed by atoms with Crippen LogP contribution in [0.5, 0.6) is 0 Å². The topological polar surface area (TPSA) is 46.5 Å². The predicted molar refractivity (Wildman–Crippen MR) is 27.7 cm³/mol. The number of hydrogen-bond acceptors (Lipinski definition) is 3. The summed E-state index contributed by atoms with van der Waals surface area (Å²) >= 11 is 0. The molecular formula is C4H10NO2-. The third kappa shape index (κ3) is 3.72. The average Bonchev–Trinajstić information content (AvgIpc) is 1.68. The van der Waals surface area contributed by atoms with Crippen LogP contribution >= 0.6 is 0 Å². The van der Waals surface area contributed by atoms with Crippen molar-refractivity contribution in [2.75, 3.05) is 19.7 Å². The van der Waals surface area contributed by atoms with Gasteiger partial charge in [-0.05, 0) is 6.54 Å². The van der Waals surface area contributed by atoms with Crippen molar-refractivity contribution in [3.05, 3.63) is 5.21 Å². The van der Waals surface area contributed by atoms with Crippen LogP contribution in [0.3, 0.4) is 0 Å². The van der Waals surface area contributed by atoms with Crippen LogP contribution < -0.4 is 0 Å². The Morgan fingerprint density at radius 3 is 2.43 bits per heavy atom. The van der Waals surface area contributed by atoms with E-state index < -0.39 is 0 Å². The second kappa shape index (κ2) is 4.05. The minimum Gasteiger partial charge on any atom is -0.785 e. The van der Waals surface area contributed by atoms with Gasteiger partial charge in [-0.15, -0.1) is 0 Å². The molecule has 0 aliphatic carbocycles. The average molecular weight is 104 g/mol. The molecule has 1 N–H and O–H groups in total. The molecule has 0 aromatic heterocycles. The molecule has 0 spiro atoms. The Labute approximate surface area is 43.1 Å². The van der Waals surface area contributed by atoms with E-state index in [0.717, 1.165) is 5.06 Å². The molecule has 0 aromatic rings. The molecule has 0 aliphatic rings. The van der Waals surface area contributed by atoms with Crippen molar-refractivity contribution >= 4 is 0 Å². The van der Waals surface area contributed by atoms with Crippen LogP contribution in [0.2, 0.25) is 0 Å². The maximum absolute atomic E-state index is 10.2. The number of aliphatic hydroxyl groups is 1. The van der Waals surface area contributed by atoms with E-state index in [0.29, 0.717) is 6.54 Å². The molecule has 0 radical (unpaired) electrons. The molecular weight excluding hydrogens is 94.0 g/mol. The van der Waals surface area contributed by atoms with Crippen molar-refractivity contribution in [2.45, 2.75) is 6.92 Å². The highest BCUT2D eigenvalue weighted by molar-refractivity contribution is 4.49. The number of nitrogens with zero attached hydrogens (tertiary/aromatic N) is 1. The highest BCUT2D eigenvalue weighted by Gasteiger charge is 1.80. The lowest BCUT2D eigenvalue weighted by molar-refractivity contribution is 0.241. The minimum atomic E-state index is -0.0443. The zero-order chi connectivity index (χ0) is 5.70. The molecule has 0 saturated heterocycles. The Morgan fingerprint density at radius 2 is 2.29 bits per heavy atom. The van der Waals surface area contributed by atoms with Gasteiger partial charge in [0.15, 0.2) is 0 Å². The summed E-state index contributed by atoms with van der Waals surface area (Å²) in [4.78, 5) is 0. The van der Waals surface area contributed by atoms with Gasteiger partial charge in [0.05, 0.1) is 6.61 Å². The van der Waals surface area contributed by atoms with Crippen molar-refractivity contribution in [1.82, 2.24) is 5.06 Å². The monoisotopic (exact) mass is 104 g/mol. The Morgan fingerprint density at radius 1 is 1.71 bits per heavy atom. The maximum atomic E-state index is 10.2. The second-order valence-corrected chi connectivity index (χ2v) is 1.25. The molecule has 44 valence electrons. The molecule has 0 unspecified atom stereocenters. The van der Waals surface area contributed by atoms with Crippen LogP contribution in [-0.2, 0) is 0 Å². The van der Waals surface area contributed by atoms with E-state index in [1.165, 1.54) is 0 Å². The number of aliphatic hydroxyl groups excluding tert-OH is 1. The first-order valence-electron chi connectivity index (χ1n) is 2.34. The first-order chi connectivity index (χ1) is 3.31. The molecule has 3 nitrogen and oxygen atoms in total. The Bertz CT molecular complexity index is 40.7. The van der Waals surface area contributed by atoms with Gasteiger partial charge in [0, 0.05) is 6.54 Å². The quantitative estimate of drug-likeness (QED) is 0.504. The zero-order valence-corrected chi connectivity index (χ0v) is 4.42. The van der Waals surface area contributed by atoms with Gasteiger partial charge in [-0.1, -0.05) is 6.92 Å². The van der Waals surface area contributed by atoms with Crippen LogP contribution in [0, 0.1) is 5.21 Å². The largest absolute Gasteiger partial charge is 0.785 e. The lowest BCUT2D eigenvalue weighted by atomic mass is 10.6. The maximum Gasteiger partial charge on any atom is 0.0549 e. The van der Waals surface area contributed by atoms with E-state index in [1.54, 1.807) is 6.92 Å². The van der Waals surface area contributed by atoms with E-state index >= 15 is 0 Å². The number of likely N-dealkylation sites (N-methyl/N-ethyl adjacent to an activating group) is 1. The lowest BCUT2D eigenvalue weighted by Crippen LogP contribution is -2.18. The Hall–Kier alpha value is -0.120. The van der Waals surface area contributed by atoms with Gasteiger partial charge < -0.3 is 15.4 Å². The summed E-state index contributed by atoms with van der Waals surface area (Å²) in [6, 6.07) is 0.